The van der Waals surface area contributed by atoms with E-state index in [1.165, 1.54) is 0 Å². The number of anilines is 1. The number of aryl methyl sites for hydroxylation is 2. The zero-order chi connectivity index (χ0) is 17.7. The summed E-state index contributed by atoms with van der Waals surface area (Å²) < 4.78 is 10.6. The van der Waals surface area contributed by atoms with Crippen molar-refractivity contribution in [1.29, 1.82) is 0 Å². The fourth-order valence-electron chi connectivity index (χ4n) is 4.75. The summed E-state index contributed by atoms with van der Waals surface area (Å²) in [6.45, 7) is 3.48. The molecule has 5 atom stereocenters. The van der Waals surface area contributed by atoms with Gasteiger partial charge in [0.25, 0.3) is 5.91 Å². The molecule has 132 valence electrons. The molecule has 6 heteroatoms. The van der Waals surface area contributed by atoms with E-state index in [4.69, 9.17) is 9.47 Å². The van der Waals surface area contributed by atoms with Crippen LogP contribution >= 0.6 is 0 Å². The number of benzene rings is 1. The number of hydrogen-bond acceptors (Lipinski definition) is 5. The molecule has 1 amide bonds. The quantitative estimate of drug-likeness (QED) is 0.846. The van der Waals surface area contributed by atoms with Crippen LogP contribution in [0.2, 0.25) is 0 Å². The number of carbonyl (C=O) groups is 3. The van der Waals surface area contributed by atoms with Gasteiger partial charge in [0, 0.05) is 11.6 Å². The summed E-state index contributed by atoms with van der Waals surface area (Å²) in [7, 11) is 0. The SMILES string of the molecule is Cc1cccc(C)c1NC(=O)COC(=O)[C@@H]1[C@@H]2C[C@H]3[C@@H]1C(=O)O[C@@H]3C2. The van der Waals surface area contributed by atoms with E-state index >= 15 is 0 Å². The first-order chi connectivity index (χ1) is 12.0. The van der Waals surface area contributed by atoms with Crippen molar-refractivity contribution in [3.8, 4) is 0 Å². The molecule has 0 radical (unpaired) electrons. The number of fused-ring (bicyclic) bond motifs is 1. The minimum Gasteiger partial charge on any atom is -0.462 e. The second-order valence-electron chi connectivity index (χ2n) is 7.34. The van der Waals surface area contributed by atoms with Crippen molar-refractivity contribution >= 4 is 23.5 Å². The lowest BCUT2D eigenvalue weighted by atomic mass is 9.80. The number of rotatable bonds is 4. The first-order valence-corrected chi connectivity index (χ1v) is 8.69. The fraction of sp³-hybridized carbons (Fsp3) is 0.526. The number of amides is 1. The van der Waals surface area contributed by atoms with E-state index in [0.717, 1.165) is 29.7 Å². The minimum absolute atomic E-state index is 0.0149. The van der Waals surface area contributed by atoms with Crippen LogP contribution in [0.15, 0.2) is 18.2 Å². The van der Waals surface area contributed by atoms with Crippen molar-refractivity contribution in [2.24, 2.45) is 23.7 Å². The second-order valence-corrected chi connectivity index (χ2v) is 7.34. The van der Waals surface area contributed by atoms with Gasteiger partial charge in [-0.2, -0.15) is 0 Å². The van der Waals surface area contributed by atoms with E-state index in [-0.39, 0.29) is 42.3 Å². The molecular weight excluding hydrogens is 322 g/mol. The molecular formula is C19H21NO5. The predicted octanol–water partition coefficient (Wildman–Crippen LogP) is 1.98. The number of ether oxygens (including phenoxy) is 2. The van der Waals surface area contributed by atoms with Gasteiger partial charge in [0.1, 0.15) is 6.10 Å². The van der Waals surface area contributed by atoms with Crippen LogP contribution in [0.4, 0.5) is 5.69 Å². The number of nitrogens with one attached hydrogen (secondary N) is 1. The Kier molecular flexibility index (Phi) is 3.78. The molecule has 1 saturated heterocycles. The minimum atomic E-state index is -0.454. The van der Waals surface area contributed by atoms with Crippen LogP contribution < -0.4 is 5.32 Å². The Morgan fingerprint density at radius 3 is 2.68 bits per heavy atom. The molecule has 4 rings (SSSR count). The monoisotopic (exact) mass is 343 g/mol. The maximum Gasteiger partial charge on any atom is 0.310 e. The van der Waals surface area contributed by atoms with Crippen molar-refractivity contribution in [2.75, 3.05) is 11.9 Å². The van der Waals surface area contributed by atoms with Crippen molar-refractivity contribution in [3.05, 3.63) is 29.3 Å². The molecule has 2 bridgehead atoms. The second kappa shape index (κ2) is 5.86. The lowest BCUT2D eigenvalue weighted by Gasteiger charge is -2.22. The van der Waals surface area contributed by atoms with Crippen LogP contribution in [0.1, 0.15) is 24.0 Å². The summed E-state index contributed by atoms with van der Waals surface area (Å²) in [5.41, 5.74) is 2.64. The van der Waals surface area contributed by atoms with Gasteiger partial charge in [-0.3, -0.25) is 14.4 Å². The predicted molar refractivity (Wildman–Crippen MR) is 88.6 cm³/mol. The topological polar surface area (TPSA) is 81.7 Å². The smallest absolute Gasteiger partial charge is 0.310 e. The summed E-state index contributed by atoms with van der Waals surface area (Å²) in [5, 5.41) is 2.79. The van der Waals surface area contributed by atoms with Gasteiger partial charge < -0.3 is 14.8 Å². The van der Waals surface area contributed by atoms with Gasteiger partial charge in [-0.1, -0.05) is 18.2 Å². The van der Waals surface area contributed by atoms with Crippen molar-refractivity contribution in [2.45, 2.75) is 32.8 Å². The molecule has 1 aromatic rings. The summed E-state index contributed by atoms with van der Waals surface area (Å²) in [6.07, 6.45) is 1.57. The Morgan fingerprint density at radius 2 is 1.96 bits per heavy atom. The normalized spacial score (nSPS) is 31.8. The Hall–Kier alpha value is -2.37. The van der Waals surface area contributed by atoms with Crippen LogP contribution in [0.3, 0.4) is 0 Å². The van der Waals surface area contributed by atoms with Gasteiger partial charge in [0.15, 0.2) is 6.61 Å². The van der Waals surface area contributed by atoms with E-state index in [1.54, 1.807) is 0 Å². The molecule has 1 N–H and O–H groups in total. The third-order valence-corrected chi connectivity index (χ3v) is 5.85. The highest BCUT2D eigenvalue weighted by Gasteiger charge is 2.64. The third-order valence-electron chi connectivity index (χ3n) is 5.85. The summed E-state index contributed by atoms with van der Waals surface area (Å²) in [5.74, 6) is -1.65. The van der Waals surface area contributed by atoms with Crippen LogP contribution in [-0.4, -0.2) is 30.6 Å². The summed E-state index contributed by atoms with van der Waals surface area (Å²) in [4.78, 5) is 36.5. The maximum atomic E-state index is 12.4. The van der Waals surface area contributed by atoms with Crippen LogP contribution in [0.5, 0.6) is 0 Å². The molecule has 2 saturated carbocycles. The molecule has 3 fully saturated rings. The maximum absolute atomic E-state index is 12.4. The average molecular weight is 343 g/mol. The van der Waals surface area contributed by atoms with Gasteiger partial charge in [-0.25, -0.2) is 0 Å². The lowest BCUT2D eigenvalue weighted by Crippen LogP contribution is -2.35. The zero-order valence-electron chi connectivity index (χ0n) is 14.3. The number of esters is 2. The molecule has 3 aliphatic rings. The Balaban J connectivity index is 1.36. The van der Waals surface area contributed by atoms with Gasteiger partial charge in [-0.15, -0.1) is 0 Å². The third kappa shape index (κ3) is 2.60. The molecule has 1 aliphatic heterocycles. The molecule has 1 aromatic carbocycles. The van der Waals surface area contributed by atoms with E-state index in [2.05, 4.69) is 5.32 Å². The Bertz CT molecular complexity index is 736. The highest BCUT2D eigenvalue weighted by molar-refractivity contribution is 5.94. The average Bonchev–Trinajstić information content (AvgIpc) is 3.18. The van der Waals surface area contributed by atoms with Crippen LogP contribution in [-0.2, 0) is 23.9 Å². The number of carbonyl (C=O) groups excluding carboxylic acids is 3. The van der Waals surface area contributed by atoms with Crippen LogP contribution in [0, 0.1) is 37.5 Å². The van der Waals surface area contributed by atoms with E-state index in [1.807, 2.05) is 32.0 Å². The molecule has 0 spiro atoms. The number of para-hydroxylation sites is 1. The fourth-order valence-corrected chi connectivity index (χ4v) is 4.75. The molecule has 25 heavy (non-hydrogen) atoms. The Labute approximate surface area is 145 Å². The molecule has 0 aromatic heterocycles. The van der Waals surface area contributed by atoms with Crippen molar-refractivity contribution in [1.82, 2.24) is 0 Å². The summed E-state index contributed by atoms with van der Waals surface area (Å²) >= 11 is 0. The largest absolute Gasteiger partial charge is 0.462 e. The molecule has 6 nitrogen and oxygen atoms in total. The van der Waals surface area contributed by atoms with Crippen LogP contribution in [0.25, 0.3) is 0 Å². The standard InChI is InChI=1S/C19H21NO5/c1-9-4-3-5-10(2)17(9)20-14(21)8-24-18(22)15-11-6-12-13(7-11)25-19(23)16(12)15/h3-5,11-13,15-16H,6-8H2,1-2H3,(H,20,21)/t11-,12-,13-,15-,16+/m1/s1. The first kappa shape index (κ1) is 16.1. The molecule has 0 unspecified atom stereocenters. The number of hydrogen-bond donors (Lipinski definition) is 1. The van der Waals surface area contributed by atoms with Crippen molar-refractivity contribution in [3.63, 3.8) is 0 Å². The van der Waals surface area contributed by atoms with Gasteiger partial charge in [-0.05, 0) is 43.7 Å². The lowest BCUT2D eigenvalue weighted by molar-refractivity contribution is -0.157. The first-order valence-electron chi connectivity index (χ1n) is 8.69. The highest BCUT2D eigenvalue weighted by Crippen LogP contribution is 2.57. The van der Waals surface area contributed by atoms with E-state index < -0.39 is 11.9 Å². The van der Waals surface area contributed by atoms with E-state index in [0.29, 0.717) is 0 Å². The Morgan fingerprint density at radius 1 is 1.24 bits per heavy atom. The van der Waals surface area contributed by atoms with Crippen molar-refractivity contribution < 1.29 is 23.9 Å². The van der Waals surface area contributed by atoms with Gasteiger partial charge in [0.2, 0.25) is 0 Å². The van der Waals surface area contributed by atoms with Gasteiger partial charge in [0.05, 0.1) is 11.8 Å². The highest BCUT2D eigenvalue weighted by atomic mass is 16.6. The zero-order valence-corrected chi connectivity index (χ0v) is 14.3. The molecule has 1 heterocycles. The van der Waals surface area contributed by atoms with Gasteiger partial charge >= 0.3 is 11.9 Å². The summed E-state index contributed by atoms with van der Waals surface area (Å²) in [6, 6.07) is 5.74. The van der Waals surface area contributed by atoms with E-state index in [9.17, 15) is 14.4 Å². The molecule has 2 aliphatic carbocycles.